The number of aliphatic imine (C=N–C) groups is 1. The zero-order chi connectivity index (χ0) is 19.4. The molecule has 1 aliphatic heterocycles. The smallest absolute Gasteiger partial charge is 0.232 e. The number of nitrogens with zero attached hydrogens (tertiary/aromatic N) is 5. The molecule has 0 amide bonds. The lowest BCUT2D eigenvalue weighted by Gasteiger charge is -2.36. The van der Waals surface area contributed by atoms with Crippen molar-refractivity contribution < 1.29 is 9.15 Å². The van der Waals surface area contributed by atoms with Crippen LogP contribution in [0.2, 0.25) is 0 Å². The van der Waals surface area contributed by atoms with Crippen LogP contribution in [0.15, 0.2) is 26.1 Å². The molecule has 0 aromatic carbocycles. The number of aryl methyl sites for hydroxylation is 2. The average Bonchev–Trinajstić information content (AvgIpc) is 3.00. The third kappa shape index (κ3) is 5.28. The standard InChI is InChI=1S/C18H25BrN6O2.HI/c1-12-9-14(13(2)27-12)10-21-17(20-3)24-5-7-25(8-6-24)18-22-11-15(19)16(23-18)26-4;/h9,11H,5-8,10H2,1-4H3,(H,20,21);1H. The van der Waals surface area contributed by atoms with Crippen LogP contribution >= 0.6 is 39.9 Å². The number of ether oxygens (including phenoxy) is 1. The first-order chi connectivity index (χ1) is 13.0. The van der Waals surface area contributed by atoms with Gasteiger partial charge in [0.05, 0.1) is 17.8 Å². The van der Waals surface area contributed by atoms with Crippen molar-refractivity contribution in [1.82, 2.24) is 20.2 Å². The van der Waals surface area contributed by atoms with Crippen LogP contribution in [0.4, 0.5) is 5.95 Å². The van der Waals surface area contributed by atoms with Crippen molar-refractivity contribution >= 4 is 51.8 Å². The van der Waals surface area contributed by atoms with Crippen molar-refractivity contribution in [3.63, 3.8) is 0 Å². The SMILES string of the molecule is CN=C(NCc1cc(C)oc1C)N1CCN(c2ncc(Br)c(OC)n2)CC1.I. The molecular formula is C18H26BrIN6O2. The van der Waals surface area contributed by atoms with E-state index in [1.165, 1.54) is 0 Å². The van der Waals surface area contributed by atoms with Gasteiger partial charge >= 0.3 is 0 Å². The van der Waals surface area contributed by atoms with Gasteiger partial charge in [0.25, 0.3) is 0 Å². The van der Waals surface area contributed by atoms with E-state index in [2.05, 4.69) is 52.1 Å². The number of aromatic nitrogens is 2. The molecule has 0 aliphatic carbocycles. The van der Waals surface area contributed by atoms with Crippen molar-refractivity contribution in [3.05, 3.63) is 33.8 Å². The zero-order valence-corrected chi connectivity index (χ0v) is 20.4. The zero-order valence-electron chi connectivity index (χ0n) is 16.5. The van der Waals surface area contributed by atoms with E-state index in [0.29, 0.717) is 18.4 Å². The lowest BCUT2D eigenvalue weighted by Crippen LogP contribution is -2.52. The molecule has 3 heterocycles. The molecule has 0 unspecified atom stereocenters. The molecule has 0 saturated carbocycles. The molecular weight excluding hydrogens is 539 g/mol. The van der Waals surface area contributed by atoms with Crippen LogP contribution in [0, 0.1) is 13.8 Å². The number of halogens is 2. The first-order valence-corrected chi connectivity index (χ1v) is 9.64. The highest BCUT2D eigenvalue weighted by Crippen LogP contribution is 2.24. The second-order valence-corrected chi connectivity index (χ2v) is 7.19. The molecule has 0 spiro atoms. The minimum atomic E-state index is 0. The van der Waals surface area contributed by atoms with E-state index >= 15 is 0 Å². The van der Waals surface area contributed by atoms with E-state index in [0.717, 1.165) is 53.7 Å². The molecule has 3 rings (SSSR count). The predicted molar refractivity (Wildman–Crippen MR) is 124 cm³/mol. The van der Waals surface area contributed by atoms with Crippen molar-refractivity contribution in [2.45, 2.75) is 20.4 Å². The fraction of sp³-hybridized carbons (Fsp3) is 0.500. The number of anilines is 1. The molecule has 8 nitrogen and oxygen atoms in total. The molecule has 0 bridgehead atoms. The maximum Gasteiger partial charge on any atom is 0.232 e. The van der Waals surface area contributed by atoms with Crippen LogP contribution in [-0.2, 0) is 6.54 Å². The van der Waals surface area contributed by atoms with E-state index in [9.17, 15) is 0 Å². The molecule has 1 N–H and O–H groups in total. The number of guanidine groups is 1. The van der Waals surface area contributed by atoms with Gasteiger partial charge in [-0.3, -0.25) is 4.99 Å². The second kappa shape index (κ2) is 10.3. The molecule has 28 heavy (non-hydrogen) atoms. The molecule has 1 aliphatic rings. The molecule has 1 fully saturated rings. The van der Waals surface area contributed by atoms with Gasteiger partial charge in [0.15, 0.2) is 5.96 Å². The summed E-state index contributed by atoms with van der Waals surface area (Å²) in [5.74, 6) is 3.99. The van der Waals surface area contributed by atoms with Gasteiger partial charge in [-0.2, -0.15) is 4.98 Å². The number of hydrogen-bond acceptors (Lipinski definition) is 6. The van der Waals surface area contributed by atoms with Crippen LogP contribution in [-0.4, -0.2) is 61.2 Å². The van der Waals surface area contributed by atoms with Crippen molar-refractivity contribution in [1.29, 1.82) is 0 Å². The van der Waals surface area contributed by atoms with E-state index in [1.807, 2.05) is 20.9 Å². The number of hydrogen-bond donors (Lipinski definition) is 1. The predicted octanol–water partition coefficient (Wildman–Crippen LogP) is 2.97. The Hall–Kier alpha value is -1.56. The van der Waals surface area contributed by atoms with Crippen LogP contribution < -0.4 is 15.0 Å². The van der Waals surface area contributed by atoms with Crippen LogP contribution in [0.5, 0.6) is 5.88 Å². The van der Waals surface area contributed by atoms with Gasteiger partial charge in [0.1, 0.15) is 11.5 Å². The Morgan fingerprint density at radius 3 is 2.61 bits per heavy atom. The third-order valence-electron chi connectivity index (χ3n) is 4.55. The Morgan fingerprint density at radius 2 is 2.04 bits per heavy atom. The van der Waals surface area contributed by atoms with Gasteiger partial charge in [0.2, 0.25) is 11.8 Å². The minimum Gasteiger partial charge on any atom is -0.480 e. The van der Waals surface area contributed by atoms with Crippen LogP contribution in [0.25, 0.3) is 0 Å². The average molecular weight is 565 g/mol. The van der Waals surface area contributed by atoms with Gasteiger partial charge < -0.3 is 24.3 Å². The van der Waals surface area contributed by atoms with Gasteiger partial charge in [-0.15, -0.1) is 24.0 Å². The summed E-state index contributed by atoms with van der Waals surface area (Å²) in [6.07, 6.45) is 1.73. The van der Waals surface area contributed by atoms with E-state index in [-0.39, 0.29) is 24.0 Å². The van der Waals surface area contributed by atoms with Crippen LogP contribution in [0.1, 0.15) is 17.1 Å². The Balaban J connectivity index is 0.00000280. The minimum absolute atomic E-state index is 0. The molecule has 0 atom stereocenters. The number of furan rings is 1. The highest BCUT2D eigenvalue weighted by molar-refractivity contribution is 14.0. The highest BCUT2D eigenvalue weighted by Gasteiger charge is 2.22. The Morgan fingerprint density at radius 1 is 1.32 bits per heavy atom. The number of methoxy groups -OCH3 is 1. The van der Waals surface area contributed by atoms with Gasteiger partial charge in [0, 0.05) is 45.3 Å². The molecule has 154 valence electrons. The number of piperazine rings is 1. The first kappa shape index (κ1) is 22.7. The summed E-state index contributed by atoms with van der Waals surface area (Å²) in [6.45, 7) is 7.95. The maximum atomic E-state index is 5.59. The van der Waals surface area contributed by atoms with Crippen molar-refractivity contribution in [3.8, 4) is 5.88 Å². The maximum absolute atomic E-state index is 5.59. The van der Waals surface area contributed by atoms with E-state index in [4.69, 9.17) is 9.15 Å². The van der Waals surface area contributed by atoms with Crippen molar-refractivity contribution in [2.24, 2.45) is 4.99 Å². The summed E-state index contributed by atoms with van der Waals surface area (Å²) in [6, 6.07) is 2.06. The molecule has 2 aromatic rings. The Bertz CT molecular complexity index is 820. The monoisotopic (exact) mass is 564 g/mol. The summed E-state index contributed by atoms with van der Waals surface area (Å²) in [4.78, 5) is 17.7. The fourth-order valence-electron chi connectivity index (χ4n) is 3.12. The summed E-state index contributed by atoms with van der Waals surface area (Å²) in [5, 5.41) is 3.43. The number of rotatable bonds is 4. The summed E-state index contributed by atoms with van der Waals surface area (Å²) in [5.41, 5.74) is 1.16. The van der Waals surface area contributed by atoms with Crippen LogP contribution in [0.3, 0.4) is 0 Å². The quantitative estimate of drug-likeness (QED) is 0.347. The van der Waals surface area contributed by atoms with Gasteiger partial charge in [-0.1, -0.05) is 0 Å². The van der Waals surface area contributed by atoms with E-state index < -0.39 is 0 Å². The molecule has 0 radical (unpaired) electrons. The summed E-state index contributed by atoms with van der Waals surface area (Å²) in [7, 11) is 3.42. The molecule has 1 saturated heterocycles. The molecule has 10 heteroatoms. The summed E-state index contributed by atoms with van der Waals surface area (Å²) >= 11 is 3.39. The largest absolute Gasteiger partial charge is 0.480 e. The first-order valence-electron chi connectivity index (χ1n) is 8.84. The third-order valence-corrected chi connectivity index (χ3v) is 5.09. The summed E-state index contributed by atoms with van der Waals surface area (Å²) < 4.78 is 11.6. The van der Waals surface area contributed by atoms with Crippen molar-refractivity contribution in [2.75, 3.05) is 45.2 Å². The second-order valence-electron chi connectivity index (χ2n) is 6.34. The lowest BCUT2D eigenvalue weighted by atomic mass is 10.2. The molecule has 2 aromatic heterocycles. The Kier molecular flexibility index (Phi) is 8.35. The Labute approximate surface area is 190 Å². The van der Waals surface area contributed by atoms with Gasteiger partial charge in [-0.05, 0) is 35.8 Å². The normalized spacial score (nSPS) is 14.7. The van der Waals surface area contributed by atoms with Gasteiger partial charge in [-0.25, -0.2) is 4.98 Å². The highest BCUT2D eigenvalue weighted by atomic mass is 127. The number of nitrogens with one attached hydrogen (secondary N) is 1. The topological polar surface area (TPSA) is 79.0 Å². The van der Waals surface area contributed by atoms with E-state index in [1.54, 1.807) is 13.3 Å². The lowest BCUT2D eigenvalue weighted by molar-refractivity contribution is 0.366. The fourth-order valence-corrected chi connectivity index (χ4v) is 3.47.